The molecule has 0 saturated carbocycles. The summed E-state index contributed by atoms with van der Waals surface area (Å²) >= 11 is 6.35. The molecule has 2 amide bonds. The molecule has 3 heterocycles. The zero-order valence-corrected chi connectivity index (χ0v) is 17.2. The van der Waals surface area contributed by atoms with Crippen molar-refractivity contribution in [2.75, 3.05) is 18.0 Å². The number of aromatic amines is 1. The lowest BCUT2D eigenvalue weighted by atomic mass is 10.1. The molecule has 0 bridgehead atoms. The number of carboxylic acid groups (broad SMARTS) is 1. The van der Waals surface area contributed by atoms with Crippen LogP contribution < -0.4 is 21.5 Å². The predicted octanol–water partition coefficient (Wildman–Crippen LogP) is 1.76. The number of halogens is 1. The van der Waals surface area contributed by atoms with Crippen LogP contribution in [0.2, 0.25) is 5.02 Å². The largest absolute Gasteiger partial charge is 0.465 e. The SMILES string of the molecule is NC(=O)c1cc2nc(N3CCC[C@@H](NC(=O)O)C3)n(Cc3ccccc3Cl)c2c(=O)[nH]1. The lowest BCUT2D eigenvalue weighted by Crippen LogP contribution is -2.48. The molecule has 0 radical (unpaired) electrons. The predicted molar refractivity (Wildman–Crippen MR) is 116 cm³/mol. The molecule has 2 aromatic heterocycles. The van der Waals surface area contributed by atoms with Crippen LogP contribution in [0.5, 0.6) is 0 Å². The molecule has 3 aromatic rings. The van der Waals surface area contributed by atoms with Crippen molar-refractivity contribution in [3.05, 3.63) is 57.0 Å². The molecule has 1 aliphatic heterocycles. The van der Waals surface area contributed by atoms with Crippen LogP contribution in [0.3, 0.4) is 0 Å². The number of H-pyrrole nitrogens is 1. The normalized spacial score (nSPS) is 16.4. The minimum atomic E-state index is -1.08. The van der Waals surface area contributed by atoms with E-state index in [0.717, 1.165) is 12.0 Å². The standard InChI is InChI=1S/C20H21ClN6O4/c21-13-6-2-1-4-11(13)9-27-16-14(8-15(17(22)28)24-18(16)29)25-19(27)26-7-3-5-12(10-26)23-20(30)31/h1-2,4,6,8,12,23H,3,5,7,9-10H2,(H2,22,28)(H,24,29)(H,30,31)/t12-/m1/s1. The van der Waals surface area contributed by atoms with Gasteiger partial charge < -0.3 is 30.6 Å². The van der Waals surface area contributed by atoms with Gasteiger partial charge in [-0.3, -0.25) is 9.59 Å². The van der Waals surface area contributed by atoms with Gasteiger partial charge in [-0.15, -0.1) is 0 Å². The number of amides is 2. The molecule has 162 valence electrons. The van der Waals surface area contributed by atoms with E-state index in [2.05, 4.69) is 15.3 Å². The van der Waals surface area contributed by atoms with E-state index in [1.807, 2.05) is 23.1 Å². The highest BCUT2D eigenvalue weighted by Crippen LogP contribution is 2.27. The Morgan fingerprint density at radius 3 is 2.84 bits per heavy atom. The van der Waals surface area contributed by atoms with Crippen molar-refractivity contribution in [1.82, 2.24) is 19.9 Å². The van der Waals surface area contributed by atoms with E-state index in [-0.39, 0.29) is 23.8 Å². The molecular weight excluding hydrogens is 424 g/mol. The molecule has 10 nitrogen and oxygen atoms in total. The topological polar surface area (TPSA) is 146 Å². The third kappa shape index (κ3) is 4.19. The number of imidazole rings is 1. The van der Waals surface area contributed by atoms with Crippen LogP contribution in [0.15, 0.2) is 35.1 Å². The maximum Gasteiger partial charge on any atom is 0.404 e. The first-order chi connectivity index (χ1) is 14.8. The number of piperidine rings is 1. The van der Waals surface area contributed by atoms with Crippen LogP contribution in [0.25, 0.3) is 11.0 Å². The van der Waals surface area contributed by atoms with Crippen molar-refractivity contribution < 1.29 is 14.7 Å². The highest BCUT2D eigenvalue weighted by atomic mass is 35.5. The Bertz CT molecular complexity index is 1220. The number of rotatable bonds is 5. The molecule has 31 heavy (non-hydrogen) atoms. The Labute approximate surface area is 181 Å². The molecule has 5 N–H and O–H groups in total. The molecule has 0 spiro atoms. The number of nitrogens with one attached hydrogen (secondary N) is 2. The number of benzene rings is 1. The number of aromatic nitrogens is 3. The van der Waals surface area contributed by atoms with Gasteiger partial charge in [0.2, 0.25) is 5.95 Å². The fraction of sp³-hybridized carbons (Fsp3) is 0.300. The van der Waals surface area contributed by atoms with Gasteiger partial charge in [0.05, 0.1) is 12.1 Å². The fourth-order valence-corrected chi connectivity index (χ4v) is 4.12. The van der Waals surface area contributed by atoms with Crippen molar-refractivity contribution in [3.63, 3.8) is 0 Å². The fourth-order valence-electron chi connectivity index (χ4n) is 3.93. The molecule has 4 rings (SSSR count). The minimum Gasteiger partial charge on any atom is -0.465 e. The van der Waals surface area contributed by atoms with Crippen molar-refractivity contribution in [1.29, 1.82) is 0 Å². The van der Waals surface area contributed by atoms with Gasteiger partial charge in [0.15, 0.2) is 0 Å². The van der Waals surface area contributed by atoms with E-state index in [1.54, 1.807) is 10.6 Å². The second-order valence-corrected chi connectivity index (χ2v) is 7.84. The van der Waals surface area contributed by atoms with Crippen LogP contribution in [0.1, 0.15) is 28.9 Å². The summed E-state index contributed by atoms with van der Waals surface area (Å²) < 4.78 is 1.74. The zero-order chi connectivity index (χ0) is 22.1. The Morgan fingerprint density at radius 1 is 1.35 bits per heavy atom. The van der Waals surface area contributed by atoms with Crippen molar-refractivity contribution in [2.24, 2.45) is 5.73 Å². The second kappa shape index (κ2) is 8.31. The number of primary amides is 1. The number of nitrogens with two attached hydrogens (primary N) is 1. The van der Waals surface area contributed by atoms with Crippen molar-refractivity contribution in [3.8, 4) is 0 Å². The molecule has 11 heteroatoms. The van der Waals surface area contributed by atoms with E-state index in [0.29, 0.717) is 36.0 Å². The van der Waals surface area contributed by atoms with Gasteiger partial charge in [-0.05, 0) is 30.5 Å². The van der Waals surface area contributed by atoms with Gasteiger partial charge >= 0.3 is 6.09 Å². The van der Waals surface area contributed by atoms with Gasteiger partial charge in [0.1, 0.15) is 11.2 Å². The van der Waals surface area contributed by atoms with Crippen molar-refractivity contribution in [2.45, 2.75) is 25.4 Å². The van der Waals surface area contributed by atoms with E-state index >= 15 is 0 Å². The molecule has 1 fully saturated rings. The van der Waals surface area contributed by atoms with Crippen LogP contribution >= 0.6 is 11.6 Å². The van der Waals surface area contributed by atoms with Gasteiger partial charge in [-0.1, -0.05) is 29.8 Å². The molecule has 1 aliphatic rings. The van der Waals surface area contributed by atoms with Crippen molar-refractivity contribution >= 4 is 40.6 Å². The van der Waals surface area contributed by atoms with E-state index in [1.165, 1.54) is 6.07 Å². The number of anilines is 1. The number of fused-ring (bicyclic) bond motifs is 1. The Balaban J connectivity index is 1.84. The Morgan fingerprint density at radius 2 is 2.13 bits per heavy atom. The second-order valence-electron chi connectivity index (χ2n) is 7.43. The third-order valence-corrected chi connectivity index (χ3v) is 5.67. The highest BCUT2D eigenvalue weighted by molar-refractivity contribution is 6.31. The van der Waals surface area contributed by atoms with Crippen LogP contribution in [0, 0.1) is 0 Å². The van der Waals surface area contributed by atoms with Gasteiger partial charge in [-0.2, -0.15) is 0 Å². The lowest BCUT2D eigenvalue weighted by Gasteiger charge is -2.33. The summed E-state index contributed by atoms with van der Waals surface area (Å²) in [6, 6.07) is 8.47. The first kappa shape index (κ1) is 20.7. The summed E-state index contributed by atoms with van der Waals surface area (Å²) in [5.74, 6) is -0.260. The summed E-state index contributed by atoms with van der Waals surface area (Å²) in [5.41, 5.74) is 6.21. The van der Waals surface area contributed by atoms with E-state index in [9.17, 15) is 14.4 Å². The van der Waals surface area contributed by atoms with Crippen LogP contribution in [0.4, 0.5) is 10.7 Å². The number of carbonyl (C=O) groups is 2. The Hall–Kier alpha value is -3.53. The zero-order valence-electron chi connectivity index (χ0n) is 16.5. The minimum absolute atomic E-state index is 0.0319. The number of hydrogen-bond donors (Lipinski definition) is 4. The average molecular weight is 445 g/mol. The molecule has 1 atom stereocenters. The van der Waals surface area contributed by atoms with E-state index in [4.69, 9.17) is 22.4 Å². The third-order valence-electron chi connectivity index (χ3n) is 5.30. The average Bonchev–Trinajstić information content (AvgIpc) is 3.08. The van der Waals surface area contributed by atoms with Gasteiger partial charge in [0.25, 0.3) is 11.5 Å². The van der Waals surface area contributed by atoms with Gasteiger partial charge in [-0.25, -0.2) is 9.78 Å². The molecule has 0 unspecified atom stereocenters. The van der Waals surface area contributed by atoms with Gasteiger partial charge in [0, 0.05) is 24.2 Å². The number of nitrogens with zero attached hydrogens (tertiary/aromatic N) is 3. The number of carbonyl (C=O) groups excluding carboxylic acids is 1. The summed E-state index contributed by atoms with van der Waals surface area (Å²) in [4.78, 5) is 44.6. The number of hydrogen-bond acceptors (Lipinski definition) is 5. The van der Waals surface area contributed by atoms with E-state index < -0.39 is 17.6 Å². The molecule has 1 saturated heterocycles. The maximum atomic E-state index is 12.8. The monoisotopic (exact) mass is 444 g/mol. The quantitative estimate of drug-likeness (QED) is 0.471. The summed E-state index contributed by atoms with van der Waals surface area (Å²) in [7, 11) is 0. The highest BCUT2D eigenvalue weighted by Gasteiger charge is 2.27. The lowest BCUT2D eigenvalue weighted by molar-refractivity contribution is 0.0995. The molecule has 0 aliphatic carbocycles. The molecule has 1 aromatic carbocycles. The molecular formula is C20H21ClN6O4. The van der Waals surface area contributed by atoms with Crippen LogP contribution in [-0.4, -0.2) is 50.8 Å². The summed E-state index contributed by atoms with van der Waals surface area (Å²) in [6.45, 7) is 1.32. The smallest absolute Gasteiger partial charge is 0.404 e. The first-order valence-electron chi connectivity index (χ1n) is 9.74. The summed E-state index contributed by atoms with van der Waals surface area (Å²) in [6.07, 6.45) is 0.377. The first-order valence-corrected chi connectivity index (χ1v) is 10.1. The summed E-state index contributed by atoms with van der Waals surface area (Å²) in [5, 5.41) is 12.1. The Kier molecular flexibility index (Phi) is 5.55. The maximum absolute atomic E-state index is 12.8. The number of pyridine rings is 1. The van der Waals surface area contributed by atoms with Crippen LogP contribution in [-0.2, 0) is 6.54 Å².